The molecular formula is H7GdNO8S2. The molecule has 0 fully saturated rings. The van der Waals surface area contributed by atoms with E-state index in [4.69, 9.17) is 35.0 Å². The van der Waals surface area contributed by atoms with Gasteiger partial charge in [0, 0.05) is 39.9 Å². The maximum atomic E-state index is 8.74. The molecule has 0 aromatic carbocycles. The summed E-state index contributed by atoms with van der Waals surface area (Å²) in [7, 11) is -9.33. The van der Waals surface area contributed by atoms with Crippen molar-refractivity contribution in [2.75, 3.05) is 0 Å². The summed E-state index contributed by atoms with van der Waals surface area (Å²) >= 11 is 0. The summed E-state index contributed by atoms with van der Waals surface area (Å²) in [6.07, 6.45) is 0. The average molecular weight is 370 g/mol. The molecule has 0 amide bonds. The number of rotatable bonds is 0. The van der Waals surface area contributed by atoms with E-state index in [1.165, 1.54) is 0 Å². The molecule has 0 saturated carbocycles. The van der Waals surface area contributed by atoms with Gasteiger partial charge >= 0.3 is 20.8 Å². The monoisotopic (exact) mass is 371 g/mol. The standard InChI is InChI=1S/Gd.H3N.2H2O4S/c;;2*1-5(2,3)4/h;1H3;2*(H2,1,2,3,4). The van der Waals surface area contributed by atoms with E-state index >= 15 is 0 Å². The zero-order valence-electron chi connectivity index (χ0n) is 5.30. The first-order valence-electron chi connectivity index (χ1n) is 1.40. The Hall–Kier alpha value is 1.02. The van der Waals surface area contributed by atoms with Crippen molar-refractivity contribution in [2.45, 2.75) is 0 Å². The third-order valence-corrected chi connectivity index (χ3v) is 0. The summed E-state index contributed by atoms with van der Waals surface area (Å²) in [5.41, 5.74) is 0. The molecule has 0 atom stereocenters. The van der Waals surface area contributed by atoms with Gasteiger partial charge in [-0.3, -0.25) is 18.2 Å². The van der Waals surface area contributed by atoms with Crippen molar-refractivity contribution in [1.29, 1.82) is 0 Å². The summed E-state index contributed by atoms with van der Waals surface area (Å²) in [6, 6.07) is 0. The van der Waals surface area contributed by atoms with Gasteiger partial charge in [-0.15, -0.1) is 0 Å². The van der Waals surface area contributed by atoms with Crippen LogP contribution in [0.3, 0.4) is 0 Å². The molecule has 7 N–H and O–H groups in total. The molecule has 0 rings (SSSR count). The molecule has 0 aromatic heterocycles. The molecule has 0 aliphatic heterocycles. The first-order chi connectivity index (χ1) is 4.00. The van der Waals surface area contributed by atoms with Gasteiger partial charge in [-0.2, -0.15) is 16.8 Å². The molecule has 0 aromatic rings. The van der Waals surface area contributed by atoms with Gasteiger partial charge in [0.15, 0.2) is 0 Å². The molecule has 12 heavy (non-hydrogen) atoms. The van der Waals surface area contributed by atoms with Gasteiger partial charge in [-0.05, 0) is 0 Å². The molecule has 0 radical (unpaired) electrons. The van der Waals surface area contributed by atoms with Gasteiger partial charge in [0.25, 0.3) is 0 Å². The van der Waals surface area contributed by atoms with E-state index in [9.17, 15) is 0 Å². The van der Waals surface area contributed by atoms with Crippen molar-refractivity contribution in [3.8, 4) is 0 Å². The second-order valence-corrected chi connectivity index (χ2v) is 2.69. The average Bonchev–Trinajstić information content (AvgIpc) is 1.12. The Kier molecular flexibility index (Phi) is 16.6. The summed E-state index contributed by atoms with van der Waals surface area (Å²) < 4.78 is 63.2. The van der Waals surface area contributed by atoms with Crippen LogP contribution >= 0.6 is 0 Å². The van der Waals surface area contributed by atoms with Gasteiger partial charge < -0.3 is 6.15 Å². The van der Waals surface area contributed by atoms with Crippen molar-refractivity contribution < 1.29 is 75.0 Å². The molecule has 0 bridgehead atoms. The molecule has 80 valence electrons. The van der Waals surface area contributed by atoms with E-state index in [0.717, 1.165) is 0 Å². The number of hydrogen-bond acceptors (Lipinski definition) is 5. The Morgan fingerprint density at radius 1 is 0.667 bits per heavy atom. The molecule has 0 heterocycles. The maximum absolute atomic E-state index is 8.74. The Morgan fingerprint density at radius 3 is 0.667 bits per heavy atom. The van der Waals surface area contributed by atoms with Gasteiger partial charge in [0.2, 0.25) is 0 Å². The van der Waals surface area contributed by atoms with E-state index in [2.05, 4.69) is 0 Å². The third kappa shape index (κ3) is 1060. The smallest absolute Gasteiger partial charge is 0.344 e. The van der Waals surface area contributed by atoms with Crippen molar-refractivity contribution >= 4 is 20.8 Å². The van der Waals surface area contributed by atoms with Gasteiger partial charge in [-0.1, -0.05) is 0 Å². The van der Waals surface area contributed by atoms with E-state index in [-0.39, 0.29) is 46.1 Å². The van der Waals surface area contributed by atoms with Crippen LogP contribution < -0.4 is 6.15 Å². The molecule has 0 aliphatic rings. The summed E-state index contributed by atoms with van der Waals surface area (Å²) in [4.78, 5) is 0. The largest absolute Gasteiger partial charge is 0.394 e. The van der Waals surface area contributed by atoms with E-state index < -0.39 is 20.8 Å². The minimum absolute atomic E-state index is 0. The maximum Gasteiger partial charge on any atom is 0.394 e. The van der Waals surface area contributed by atoms with Gasteiger partial charge in [-0.25, -0.2) is 0 Å². The van der Waals surface area contributed by atoms with Crippen LogP contribution in [0.4, 0.5) is 0 Å². The van der Waals surface area contributed by atoms with Crippen LogP contribution in [0.2, 0.25) is 0 Å². The molecule has 0 unspecified atom stereocenters. The fourth-order valence-corrected chi connectivity index (χ4v) is 0. The van der Waals surface area contributed by atoms with Crippen LogP contribution in [0.5, 0.6) is 0 Å². The minimum Gasteiger partial charge on any atom is -0.344 e. The predicted molar refractivity (Wildman–Crippen MR) is 33.4 cm³/mol. The second-order valence-electron chi connectivity index (χ2n) is 0.896. The minimum atomic E-state index is -4.67. The third-order valence-electron chi connectivity index (χ3n) is 0. The fraction of sp³-hybridized carbons (Fsp3) is 0. The van der Waals surface area contributed by atoms with E-state index in [0.29, 0.717) is 0 Å². The molecule has 12 heteroatoms. The SMILES string of the molecule is N.O=S(=O)(O)O.O=S(=O)(O)O.[Gd]. The Bertz CT molecular complexity index is 213. The summed E-state index contributed by atoms with van der Waals surface area (Å²) in [6.45, 7) is 0. The van der Waals surface area contributed by atoms with Crippen molar-refractivity contribution in [3.05, 3.63) is 0 Å². The van der Waals surface area contributed by atoms with Crippen LogP contribution in [0.1, 0.15) is 0 Å². The molecule has 0 aliphatic carbocycles. The van der Waals surface area contributed by atoms with Crippen molar-refractivity contribution in [3.63, 3.8) is 0 Å². The van der Waals surface area contributed by atoms with Crippen LogP contribution in [-0.4, -0.2) is 35.0 Å². The van der Waals surface area contributed by atoms with E-state index in [1.54, 1.807) is 0 Å². The molecule has 0 saturated heterocycles. The first-order valence-corrected chi connectivity index (χ1v) is 4.19. The summed E-state index contributed by atoms with van der Waals surface area (Å²) in [5.74, 6) is 0. The van der Waals surface area contributed by atoms with Crippen LogP contribution in [-0.2, 0) is 20.8 Å². The quantitative estimate of drug-likeness (QED) is 0.329. The zero-order valence-corrected chi connectivity index (χ0v) is 9.20. The second kappa shape index (κ2) is 8.62. The van der Waals surface area contributed by atoms with Crippen LogP contribution in [0.15, 0.2) is 0 Å². The predicted octanol–water partition coefficient (Wildman–Crippen LogP) is -1.14. The fourth-order valence-electron chi connectivity index (χ4n) is 0. The van der Waals surface area contributed by atoms with Crippen LogP contribution in [0.25, 0.3) is 0 Å². The van der Waals surface area contributed by atoms with E-state index in [1.807, 2.05) is 0 Å². The Morgan fingerprint density at radius 2 is 0.667 bits per heavy atom. The topological polar surface area (TPSA) is 184 Å². The zero-order chi connectivity index (χ0) is 9.00. The van der Waals surface area contributed by atoms with Gasteiger partial charge in [0.1, 0.15) is 0 Å². The summed E-state index contributed by atoms with van der Waals surface area (Å²) in [5, 5.41) is 0. The van der Waals surface area contributed by atoms with Crippen molar-refractivity contribution in [2.24, 2.45) is 0 Å². The normalized spacial score (nSPS) is 9.67. The first kappa shape index (κ1) is 23.1. The van der Waals surface area contributed by atoms with Gasteiger partial charge in [0.05, 0.1) is 0 Å². The van der Waals surface area contributed by atoms with Crippen molar-refractivity contribution in [1.82, 2.24) is 6.15 Å². The molecule has 9 nitrogen and oxygen atoms in total. The Balaban J connectivity index is -0.0000000457. The molecule has 0 spiro atoms. The Labute approximate surface area is 101 Å². The van der Waals surface area contributed by atoms with Crippen LogP contribution in [0, 0.1) is 39.9 Å². The number of hydrogen-bond donors (Lipinski definition) is 5. The molecular weight excluding hydrogens is 363 g/mol.